The third-order valence-electron chi connectivity index (χ3n) is 3.80. The monoisotopic (exact) mass is 394 g/mol. The topological polar surface area (TPSA) is 51.2 Å². The molecule has 0 fully saturated rings. The average molecular weight is 395 g/mol. The smallest absolute Gasteiger partial charge is 0.417 e. The number of alkyl halides is 3. The normalized spacial score (nSPS) is 11.4. The van der Waals surface area contributed by atoms with Gasteiger partial charge in [-0.15, -0.1) is 0 Å². The lowest BCUT2D eigenvalue weighted by Crippen LogP contribution is -2.10. The molecule has 27 heavy (non-hydrogen) atoms. The van der Waals surface area contributed by atoms with Crippen LogP contribution in [0.4, 0.5) is 24.5 Å². The van der Waals surface area contributed by atoms with Crippen LogP contribution in [0.5, 0.6) is 0 Å². The van der Waals surface area contributed by atoms with Crippen molar-refractivity contribution < 1.29 is 22.7 Å². The number of fused-ring (bicyclic) bond motifs is 1. The number of halogens is 4. The van der Waals surface area contributed by atoms with E-state index in [1.165, 1.54) is 6.20 Å². The van der Waals surface area contributed by atoms with E-state index in [1.54, 1.807) is 31.2 Å². The lowest BCUT2D eigenvalue weighted by atomic mass is 10.1. The number of carbonyl (C=O) groups is 1. The van der Waals surface area contributed by atoms with E-state index in [1.807, 2.05) is 6.07 Å². The molecule has 4 nitrogen and oxygen atoms in total. The van der Waals surface area contributed by atoms with Crippen molar-refractivity contribution in [3.8, 4) is 0 Å². The average Bonchev–Trinajstić information content (AvgIpc) is 2.62. The Balaban J connectivity index is 2.23. The van der Waals surface area contributed by atoms with Gasteiger partial charge in [-0.3, -0.25) is 4.98 Å². The van der Waals surface area contributed by atoms with Gasteiger partial charge < -0.3 is 10.1 Å². The quantitative estimate of drug-likeness (QED) is 0.566. The van der Waals surface area contributed by atoms with Gasteiger partial charge in [-0.2, -0.15) is 13.2 Å². The van der Waals surface area contributed by atoms with Crippen LogP contribution >= 0.6 is 11.6 Å². The van der Waals surface area contributed by atoms with Crippen molar-refractivity contribution in [2.75, 3.05) is 11.9 Å². The highest BCUT2D eigenvalue weighted by atomic mass is 35.5. The van der Waals surface area contributed by atoms with Crippen molar-refractivity contribution in [1.29, 1.82) is 0 Å². The Kier molecular flexibility index (Phi) is 5.23. The minimum atomic E-state index is -4.61. The summed E-state index contributed by atoms with van der Waals surface area (Å²) in [4.78, 5) is 16.3. The van der Waals surface area contributed by atoms with Gasteiger partial charge in [0.15, 0.2) is 0 Å². The molecule has 140 valence electrons. The second kappa shape index (κ2) is 7.44. The second-order valence-electron chi connectivity index (χ2n) is 5.61. The van der Waals surface area contributed by atoms with Crippen molar-refractivity contribution in [3.63, 3.8) is 0 Å². The standard InChI is InChI=1S/C19H14ClF3N2O2/c1-2-27-18(26)13-10-24-16-9-14(19(21,22)23)15(20)8-12(16)17(13)25-11-6-4-3-5-7-11/h3-10H,2H2,1H3,(H,24,25). The van der Waals surface area contributed by atoms with Crippen molar-refractivity contribution in [2.24, 2.45) is 0 Å². The summed E-state index contributed by atoms with van der Waals surface area (Å²) in [6.07, 6.45) is -3.42. The highest BCUT2D eigenvalue weighted by Gasteiger charge is 2.34. The number of rotatable bonds is 4. The zero-order chi connectivity index (χ0) is 19.6. The minimum absolute atomic E-state index is 0.0539. The Morgan fingerprint density at radius 2 is 1.93 bits per heavy atom. The number of nitrogens with zero attached hydrogens (tertiary/aromatic N) is 1. The van der Waals surface area contributed by atoms with E-state index in [0.717, 1.165) is 12.1 Å². The van der Waals surface area contributed by atoms with E-state index in [4.69, 9.17) is 16.3 Å². The summed E-state index contributed by atoms with van der Waals surface area (Å²) < 4.78 is 44.4. The van der Waals surface area contributed by atoms with E-state index in [2.05, 4.69) is 10.3 Å². The first-order valence-corrected chi connectivity index (χ1v) is 8.37. The largest absolute Gasteiger partial charge is 0.462 e. The van der Waals surface area contributed by atoms with Crippen LogP contribution in [0.1, 0.15) is 22.8 Å². The summed E-state index contributed by atoms with van der Waals surface area (Å²) in [6.45, 7) is 1.80. The van der Waals surface area contributed by atoms with E-state index >= 15 is 0 Å². The van der Waals surface area contributed by atoms with Crippen LogP contribution in [-0.2, 0) is 10.9 Å². The van der Waals surface area contributed by atoms with Crippen LogP contribution in [0.2, 0.25) is 5.02 Å². The Bertz CT molecular complexity index is 992. The van der Waals surface area contributed by atoms with Gasteiger partial charge in [0.25, 0.3) is 0 Å². The predicted octanol–water partition coefficient (Wildman–Crippen LogP) is 5.83. The summed E-state index contributed by atoms with van der Waals surface area (Å²) >= 11 is 5.86. The van der Waals surface area contributed by atoms with Crippen LogP contribution in [0, 0.1) is 0 Å². The fraction of sp³-hybridized carbons (Fsp3) is 0.158. The Labute approximate surface area is 157 Å². The molecule has 0 saturated heterocycles. The molecule has 0 aliphatic carbocycles. The van der Waals surface area contributed by atoms with Crippen LogP contribution in [-0.4, -0.2) is 17.6 Å². The van der Waals surface area contributed by atoms with Crippen LogP contribution in [0.3, 0.4) is 0 Å². The number of anilines is 2. The SMILES string of the molecule is CCOC(=O)c1cnc2cc(C(F)(F)F)c(Cl)cc2c1Nc1ccccc1. The molecule has 1 heterocycles. The fourth-order valence-corrected chi connectivity index (χ4v) is 2.86. The molecule has 2 aromatic carbocycles. The third-order valence-corrected chi connectivity index (χ3v) is 4.11. The van der Waals surface area contributed by atoms with Gasteiger partial charge in [0, 0.05) is 17.3 Å². The number of hydrogen-bond donors (Lipinski definition) is 1. The number of benzene rings is 2. The fourth-order valence-electron chi connectivity index (χ4n) is 2.59. The lowest BCUT2D eigenvalue weighted by molar-refractivity contribution is -0.137. The zero-order valence-corrected chi connectivity index (χ0v) is 14.9. The van der Waals surface area contributed by atoms with Crippen LogP contribution in [0.15, 0.2) is 48.7 Å². The molecule has 0 spiro atoms. The van der Waals surface area contributed by atoms with Crippen molar-refractivity contribution in [2.45, 2.75) is 13.1 Å². The minimum Gasteiger partial charge on any atom is -0.462 e. The molecule has 3 aromatic rings. The van der Waals surface area contributed by atoms with Gasteiger partial charge in [0.2, 0.25) is 0 Å². The molecule has 0 saturated carbocycles. The number of nitrogens with one attached hydrogen (secondary N) is 1. The van der Waals surface area contributed by atoms with E-state index in [0.29, 0.717) is 5.69 Å². The van der Waals surface area contributed by atoms with Gasteiger partial charge in [0.05, 0.1) is 28.4 Å². The molecule has 0 aliphatic rings. The van der Waals surface area contributed by atoms with Gasteiger partial charge in [-0.05, 0) is 31.2 Å². The summed E-state index contributed by atoms with van der Waals surface area (Å²) in [5, 5.41) is 2.86. The van der Waals surface area contributed by atoms with Crippen LogP contribution in [0.25, 0.3) is 10.9 Å². The molecule has 1 aromatic heterocycles. The maximum atomic E-state index is 13.1. The summed E-state index contributed by atoms with van der Waals surface area (Å²) in [5.74, 6) is -0.638. The number of pyridine rings is 1. The molecular weight excluding hydrogens is 381 g/mol. The third kappa shape index (κ3) is 3.98. The number of aromatic nitrogens is 1. The second-order valence-corrected chi connectivity index (χ2v) is 6.01. The summed E-state index contributed by atoms with van der Waals surface area (Å²) in [5.41, 5.74) is 0.0905. The van der Waals surface area contributed by atoms with E-state index < -0.39 is 22.7 Å². The first kappa shape index (κ1) is 19.0. The summed E-state index contributed by atoms with van der Waals surface area (Å²) in [6, 6.07) is 10.9. The molecule has 1 N–H and O–H groups in total. The highest BCUT2D eigenvalue weighted by Crippen LogP contribution is 2.39. The molecule has 3 rings (SSSR count). The van der Waals surface area contributed by atoms with Crippen molar-refractivity contribution in [3.05, 3.63) is 64.8 Å². The molecule has 0 radical (unpaired) electrons. The first-order chi connectivity index (χ1) is 12.8. The Morgan fingerprint density at radius 3 is 2.56 bits per heavy atom. The van der Waals surface area contributed by atoms with Gasteiger partial charge in [0.1, 0.15) is 5.56 Å². The molecule has 8 heteroatoms. The number of hydrogen-bond acceptors (Lipinski definition) is 4. The maximum Gasteiger partial charge on any atom is 0.417 e. The van der Waals surface area contributed by atoms with Gasteiger partial charge in [-0.25, -0.2) is 4.79 Å². The maximum absolute atomic E-state index is 13.1. The molecule has 0 unspecified atom stereocenters. The number of carbonyl (C=O) groups excluding carboxylic acids is 1. The first-order valence-electron chi connectivity index (χ1n) is 8.00. The molecule has 0 aliphatic heterocycles. The molecule has 0 bridgehead atoms. The number of esters is 1. The summed E-state index contributed by atoms with van der Waals surface area (Å²) in [7, 11) is 0. The molecule has 0 atom stereocenters. The molecular formula is C19H14ClF3N2O2. The highest BCUT2D eigenvalue weighted by molar-refractivity contribution is 6.32. The van der Waals surface area contributed by atoms with Gasteiger partial charge >= 0.3 is 12.1 Å². The Morgan fingerprint density at radius 1 is 1.22 bits per heavy atom. The van der Waals surface area contributed by atoms with Crippen LogP contribution < -0.4 is 5.32 Å². The lowest BCUT2D eigenvalue weighted by Gasteiger charge is -2.16. The van der Waals surface area contributed by atoms with E-state index in [-0.39, 0.29) is 28.8 Å². The van der Waals surface area contributed by atoms with Crippen molar-refractivity contribution in [1.82, 2.24) is 4.98 Å². The zero-order valence-electron chi connectivity index (χ0n) is 14.1. The number of ether oxygens (including phenoxy) is 1. The predicted molar refractivity (Wildman–Crippen MR) is 97.4 cm³/mol. The van der Waals surface area contributed by atoms with Gasteiger partial charge in [-0.1, -0.05) is 29.8 Å². The molecule has 0 amide bonds. The van der Waals surface area contributed by atoms with Crippen molar-refractivity contribution >= 4 is 39.8 Å². The number of para-hydroxylation sites is 1. The Hall–Kier alpha value is -2.80. The van der Waals surface area contributed by atoms with E-state index in [9.17, 15) is 18.0 Å².